The molecule has 0 aliphatic rings. The van der Waals surface area contributed by atoms with Crippen molar-refractivity contribution in [2.45, 2.75) is 12.1 Å². The summed E-state index contributed by atoms with van der Waals surface area (Å²) in [4.78, 5) is 10.8. The number of phenols is 2. The molecule has 0 aromatic heterocycles. The van der Waals surface area contributed by atoms with Crippen LogP contribution in [-0.4, -0.2) is 34.4 Å². The Morgan fingerprint density at radius 1 is 1.44 bits per heavy atom. The molecule has 0 spiro atoms. The lowest BCUT2D eigenvalue weighted by atomic mass is 9.99. The smallest absolute Gasteiger partial charge is 0.322 e. The number of likely N-dealkylation sites (N-methyl/N-ethyl adjacent to an activating group) is 1. The van der Waals surface area contributed by atoms with E-state index in [1.54, 1.807) is 0 Å². The lowest BCUT2D eigenvalue weighted by molar-refractivity contribution is -0.139. The molecule has 0 aliphatic heterocycles. The molecule has 2 unspecified atom stereocenters. The molecule has 2 atom stereocenters. The lowest BCUT2D eigenvalue weighted by Crippen LogP contribution is -2.42. The van der Waals surface area contributed by atoms with Crippen LogP contribution in [0.3, 0.4) is 0 Å². The van der Waals surface area contributed by atoms with Crippen LogP contribution in [0.2, 0.25) is 0 Å². The van der Waals surface area contributed by atoms with Gasteiger partial charge >= 0.3 is 5.97 Å². The van der Waals surface area contributed by atoms with E-state index < -0.39 is 18.1 Å². The highest BCUT2D eigenvalue weighted by molar-refractivity contribution is 5.75. The molecule has 1 rings (SSSR count). The molecule has 6 nitrogen and oxygen atoms in total. The molecule has 0 fully saturated rings. The van der Waals surface area contributed by atoms with Crippen LogP contribution in [0.4, 0.5) is 0 Å². The minimum atomic E-state index is -1.21. The zero-order chi connectivity index (χ0) is 12.3. The summed E-state index contributed by atoms with van der Waals surface area (Å²) < 4.78 is 0. The largest absolute Gasteiger partial charge is 0.504 e. The van der Waals surface area contributed by atoms with Crippen molar-refractivity contribution in [3.8, 4) is 11.5 Å². The van der Waals surface area contributed by atoms with E-state index in [0.29, 0.717) is 0 Å². The van der Waals surface area contributed by atoms with E-state index in [-0.39, 0.29) is 17.1 Å². The number of phenolic OH excluding ortho intramolecular Hbond substituents is 2. The molecule has 0 radical (unpaired) electrons. The van der Waals surface area contributed by atoms with Gasteiger partial charge in [0.05, 0.1) is 6.04 Å². The lowest BCUT2D eigenvalue weighted by Gasteiger charge is -2.21. The first-order valence-corrected chi connectivity index (χ1v) is 4.65. The van der Waals surface area contributed by atoms with Crippen LogP contribution in [0.25, 0.3) is 0 Å². The SMILES string of the molecule is CNC(c1cccc(O)c1O)C(N)C(=O)O. The second-order valence-electron chi connectivity index (χ2n) is 3.35. The predicted octanol–water partition coefficient (Wildman–Crippen LogP) is -0.230. The Kier molecular flexibility index (Phi) is 3.70. The topological polar surface area (TPSA) is 116 Å². The highest BCUT2D eigenvalue weighted by Crippen LogP contribution is 2.33. The van der Waals surface area contributed by atoms with E-state index in [1.807, 2.05) is 0 Å². The standard InChI is InChI=1S/C10H14N2O4/c1-12-8(7(11)10(15)16)5-3-2-4-6(13)9(5)14/h2-4,7-8,12-14H,11H2,1H3,(H,15,16). The third kappa shape index (κ3) is 2.23. The first-order valence-electron chi connectivity index (χ1n) is 4.65. The van der Waals surface area contributed by atoms with E-state index in [2.05, 4.69) is 5.32 Å². The Bertz CT molecular complexity index is 394. The molecule has 1 aromatic rings. The molecular weight excluding hydrogens is 212 g/mol. The number of carboxylic acids is 1. The van der Waals surface area contributed by atoms with Gasteiger partial charge in [-0.25, -0.2) is 0 Å². The average Bonchev–Trinajstić information content (AvgIpc) is 2.24. The van der Waals surface area contributed by atoms with Gasteiger partial charge in [0.15, 0.2) is 11.5 Å². The van der Waals surface area contributed by atoms with Crippen molar-refractivity contribution in [3.63, 3.8) is 0 Å². The van der Waals surface area contributed by atoms with Crippen LogP contribution in [0.5, 0.6) is 11.5 Å². The summed E-state index contributed by atoms with van der Waals surface area (Å²) in [5, 5.41) is 30.4. The number of aromatic hydroxyl groups is 2. The second-order valence-corrected chi connectivity index (χ2v) is 3.35. The Morgan fingerprint density at radius 2 is 2.06 bits per heavy atom. The summed E-state index contributed by atoms with van der Waals surface area (Å²) in [5.41, 5.74) is 5.72. The Labute approximate surface area is 92.3 Å². The molecule has 16 heavy (non-hydrogen) atoms. The molecular formula is C10H14N2O4. The van der Waals surface area contributed by atoms with Gasteiger partial charge in [-0.2, -0.15) is 0 Å². The van der Waals surface area contributed by atoms with Crippen molar-refractivity contribution in [1.82, 2.24) is 5.32 Å². The summed E-state index contributed by atoms with van der Waals surface area (Å²) >= 11 is 0. The highest BCUT2D eigenvalue weighted by Gasteiger charge is 2.27. The molecule has 0 saturated carbocycles. The minimum absolute atomic E-state index is 0.248. The fourth-order valence-corrected chi connectivity index (χ4v) is 1.47. The molecule has 6 heteroatoms. The third-order valence-corrected chi connectivity index (χ3v) is 2.34. The molecule has 0 amide bonds. The first-order chi connectivity index (χ1) is 7.49. The third-order valence-electron chi connectivity index (χ3n) is 2.34. The molecule has 0 aliphatic carbocycles. The van der Waals surface area contributed by atoms with Crippen molar-refractivity contribution in [2.75, 3.05) is 7.05 Å². The fourth-order valence-electron chi connectivity index (χ4n) is 1.47. The maximum absolute atomic E-state index is 10.8. The van der Waals surface area contributed by atoms with Crippen molar-refractivity contribution in [2.24, 2.45) is 5.73 Å². The van der Waals surface area contributed by atoms with Crippen LogP contribution in [0.15, 0.2) is 18.2 Å². The van der Waals surface area contributed by atoms with Crippen molar-refractivity contribution < 1.29 is 20.1 Å². The summed E-state index contributed by atoms with van der Waals surface area (Å²) in [6.07, 6.45) is 0. The van der Waals surface area contributed by atoms with Crippen molar-refractivity contribution >= 4 is 5.97 Å². The number of carbonyl (C=O) groups is 1. The number of hydrogen-bond acceptors (Lipinski definition) is 5. The Hall–Kier alpha value is -1.79. The van der Waals surface area contributed by atoms with Crippen LogP contribution in [0, 0.1) is 0 Å². The van der Waals surface area contributed by atoms with E-state index >= 15 is 0 Å². The monoisotopic (exact) mass is 226 g/mol. The number of benzene rings is 1. The van der Waals surface area contributed by atoms with Gasteiger partial charge in [-0.05, 0) is 13.1 Å². The van der Waals surface area contributed by atoms with Gasteiger partial charge in [-0.1, -0.05) is 12.1 Å². The molecule has 1 aromatic carbocycles. The Morgan fingerprint density at radius 3 is 2.56 bits per heavy atom. The minimum Gasteiger partial charge on any atom is -0.504 e. The maximum atomic E-state index is 10.8. The number of aliphatic carboxylic acids is 1. The van der Waals surface area contributed by atoms with Crippen LogP contribution < -0.4 is 11.1 Å². The van der Waals surface area contributed by atoms with Gasteiger partial charge < -0.3 is 26.4 Å². The number of nitrogens with two attached hydrogens (primary N) is 1. The molecule has 6 N–H and O–H groups in total. The zero-order valence-corrected chi connectivity index (χ0v) is 8.71. The number of para-hydroxylation sites is 1. The average molecular weight is 226 g/mol. The van der Waals surface area contributed by atoms with Crippen LogP contribution in [-0.2, 0) is 4.79 Å². The maximum Gasteiger partial charge on any atom is 0.322 e. The van der Waals surface area contributed by atoms with Crippen LogP contribution >= 0.6 is 0 Å². The zero-order valence-electron chi connectivity index (χ0n) is 8.71. The number of carboxylic acid groups (broad SMARTS) is 1. The van der Waals surface area contributed by atoms with Crippen molar-refractivity contribution in [3.05, 3.63) is 23.8 Å². The quantitative estimate of drug-likeness (QED) is 0.453. The molecule has 0 bridgehead atoms. The second kappa shape index (κ2) is 4.82. The van der Waals surface area contributed by atoms with E-state index in [4.69, 9.17) is 10.8 Å². The van der Waals surface area contributed by atoms with Gasteiger partial charge in [0, 0.05) is 5.56 Å². The molecule has 0 saturated heterocycles. The normalized spacial score (nSPS) is 14.4. The molecule has 0 heterocycles. The summed E-state index contributed by atoms with van der Waals surface area (Å²) in [6.45, 7) is 0. The van der Waals surface area contributed by atoms with E-state index in [0.717, 1.165) is 0 Å². The number of nitrogens with one attached hydrogen (secondary N) is 1. The van der Waals surface area contributed by atoms with Gasteiger partial charge in [0.25, 0.3) is 0 Å². The fraction of sp³-hybridized carbons (Fsp3) is 0.300. The highest BCUT2D eigenvalue weighted by atomic mass is 16.4. The summed E-state index contributed by atoms with van der Waals surface area (Å²) in [7, 11) is 1.52. The van der Waals surface area contributed by atoms with Gasteiger partial charge in [0.1, 0.15) is 6.04 Å². The first kappa shape index (κ1) is 12.3. The summed E-state index contributed by atoms with van der Waals surface area (Å²) in [6, 6.07) is 2.32. The van der Waals surface area contributed by atoms with Gasteiger partial charge in [-0.3, -0.25) is 4.79 Å². The van der Waals surface area contributed by atoms with E-state index in [1.165, 1.54) is 25.2 Å². The number of rotatable bonds is 4. The molecule has 88 valence electrons. The Balaban J connectivity index is 3.13. The number of hydrogen-bond donors (Lipinski definition) is 5. The van der Waals surface area contributed by atoms with Crippen molar-refractivity contribution in [1.29, 1.82) is 0 Å². The predicted molar refractivity (Wildman–Crippen MR) is 57.2 cm³/mol. The summed E-state index contributed by atoms with van der Waals surface area (Å²) in [5.74, 6) is -1.86. The van der Waals surface area contributed by atoms with Gasteiger partial charge in [0.2, 0.25) is 0 Å². The van der Waals surface area contributed by atoms with E-state index in [9.17, 15) is 15.0 Å². The van der Waals surface area contributed by atoms with Crippen LogP contribution in [0.1, 0.15) is 11.6 Å². The van der Waals surface area contributed by atoms with Gasteiger partial charge in [-0.15, -0.1) is 0 Å².